The first-order valence-electron chi connectivity index (χ1n) is 8.07. The Morgan fingerprint density at radius 3 is 2.79 bits per heavy atom. The van der Waals surface area contributed by atoms with Gasteiger partial charge in [-0.05, 0) is 46.3 Å². The molecule has 0 unspecified atom stereocenters. The summed E-state index contributed by atoms with van der Waals surface area (Å²) in [5.74, 6) is 1.19. The molecule has 0 saturated heterocycles. The molecule has 0 aliphatic rings. The maximum absolute atomic E-state index is 12.2. The van der Waals surface area contributed by atoms with Gasteiger partial charge >= 0.3 is 0 Å². The maximum atomic E-state index is 12.2. The molecule has 146 valence electrons. The van der Waals surface area contributed by atoms with E-state index in [0.29, 0.717) is 26.8 Å². The lowest BCUT2D eigenvalue weighted by molar-refractivity contribution is -0.113. The van der Waals surface area contributed by atoms with Crippen LogP contribution < -0.4 is 10.1 Å². The Morgan fingerprint density at radius 1 is 1.25 bits per heavy atom. The molecule has 2 aromatic carbocycles. The number of carbonyl (C=O) groups excluding carboxylic acids is 1. The van der Waals surface area contributed by atoms with Crippen molar-refractivity contribution in [1.29, 1.82) is 0 Å². The van der Waals surface area contributed by atoms with Crippen LogP contribution in [0.3, 0.4) is 0 Å². The molecule has 0 fully saturated rings. The number of benzene rings is 2. The van der Waals surface area contributed by atoms with Crippen molar-refractivity contribution in [3.63, 3.8) is 0 Å². The Kier molecular flexibility index (Phi) is 7.23. The van der Waals surface area contributed by atoms with Crippen LogP contribution in [-0.2, 0) is 18.4 Å². The second kappa shape index (κ2) is 9.65. The number of rotatable bonds is 7. The first-order valence-corrected chi connectivity index (χ1v) is 10.6. The molecule has 3 aromatic rings. The lowest BCUT2D eigenvalue weighted by Crippen LogP contribution is -2.15. The molecule has 3 rings (SSSR count). The largest absolute Gasteiger partial charge is 0.484 e. The van der Waals surface area contributed by atoms with Crippen molar-refractivity contribution in [3.05, 3.63) is 62.8 Å². The molecule has 0 spiro atoms. The lowest BCUT2D eigenvalue weighted by atomic mass is 10.3. The van der Waals surface area contributed by atoms with Crippen molar-refractivity contribution < 1.29 is 9.53 Å². The fraction of sp³-hybridized carbons (Fsp3) is 0.167. The zero-order valence-electron chi connectivity index (χ0n) is 14.7. The second-order valence-corrected chi connectivity index (χ2v) is 8.28. The topological polar surface area (TPSA) is 69.0 Å². The molecule has 0 saturated carbocycles. The first-order chi connectivity index (χ1) is 13.4. The highest BCUT2D eigenvalue weighted by Crippen LogP contribution is 2.28. The molecule has 0 aliphatic heterocycles. The second-order valence-electron chi connectivity index (χ2n) is 5.64. The third kappa shape index (κ3) is 5.41. The summed E-state index contributed by atoms with van der Waals surface area (Å²) in [6.45, 7) is 0.189. The molecule has 0 radical (unpaired) electrons. The van der Waals surface area contributed by atoms with Gasteiger partial charge in [0.2, 0.25) is 5.91 Å². The first kappa shape index (κ1) is 21.0. The summed E-state index contributed by atoms with van der Waals surface area (Å²) in [6.07, 6.45) is 0. The molecule has 0 bridgehead atoms. The van der Waals surface area contributed by atoms with Crippen LogP contribution in [0.1, 0.15) is 5.82 Å². The molecule has 1 amide bonds. The van der Waals surface area contributed by atoms with Crippen LogP contribution in [0.2, 0.25) is 10.0 Å². The van der Waals surface area contributed by atoms with Crippen LogP contribution in [0, 0.1) is 0 Å². The van der Waals surface area contributed by atoms with E-state index in [1.165, 1.54) is 11.8 Å². The molecular weight excluding hydrogens is 487 g/mol. The van der Waals surface area contributed by atoms with E-state index in [0.717, 1.165) is 10.2 Å². The zero-order chi connectivity index (χ0) is 20.1. The number of carbonyl (C=O) groups is 1. The minimum atomic E-state index is -0.134. The highest BCUT2D eigenvalue weighted by Gasteiger charge is 2.13. The monoisotopic (exact) mass is 500 g/mol. The van der Waals surface area contributed by atoms with E-state index in [9.17, 15) is 4.79 Å². The van der Waals surface area contributed by atoms with Crippen molar-refractivity contribution in [3.8, 4) is 5.75 Å². The zero-order valence-corrected chi connectivity index (χ0v) is 18.6. The molecule has 1 N–H and O–H groups in total. The molecule has 10 heteroatoms. The number of para-hydroxylation sites is 1. The normalized spacial score (nSPS) is 10.7. The number of hydrogen-bond acceptors (Lipinski definition) is 5. The van der Waals surface area contributed by atoms with Gasteiger partial charge in [0.1, 0.15) is 12.4 Å². The van der Waals surface area contributed by atoms with Gasteiger partial charge in [0.15, 0.2) is 11.0 Å². The Morgan fingerprint density at radius 2 is 2.04 bits per heavy atom. The molecular formula is C18H15BrCl2N4O2S. The number of halogens is 3. The number of nitrogens with one attached hydrogen (secondary N) is 1. The summed E-state index contributed by atoms with van der Waals surface area (Å²) in [5.41, 5.74) is 0.722. The Balaban J connectivity index is 1.55. The minimum Gasteiger partial charge on any atom is -0.484 e. The smallest absolute Gasteiger partial charge is 0.234 e. The number of thioether (sulfide) groups is 1. The molecule has 1 aromatic heterocycles. The average Bonchev–Trinajstić information content (AvgIpc) is 3.01. The fourth-order valence-corrected chi connectivity index (χ4v) is 3.79. The number of nitrogens with zero attached hydrogens (tertiary/aromatic N) is 3. The highest BCUT2D eigenvalue weighted by atomic mass is 79.9. The van der Waals surface area contributed by atoms with Crippen LogP contribution >= 0.6 is 50.9 Å². The van der Waals surface area contributed by atoms with Crippen molar-refractivity contribution in [1.82, 2.24) is 14.8 Å². The van der Waals surface area contributed by atoms with E-state index in [-0.39, 0.29) is 18.3 Å². The molecule has 0 atom stereocenters. The van der Waals surface area contributed by atoms with Crippen molar-refractivity contribution in [2.24, 2.45) is 7.05 Å². The number of amides is 1. The summed E-state index contributed by atoms with van der Waals surface area (Å²) < 4.78 is 8.29. The summed E-state index contributed by atoms with van der Waals surface area (Å²) >= 11 is 16.7. The van der Waals surface area contributed by atoms with Gasteiger partial charge in [-0.2, -0.15) is 0 Å². The number of aromatic nitrogens is 3. The van der Waals surface area contributed by atoms with Gasteiger partial charge in [-0.3, -0.25) is 4.79 Å². The third-order valence-corrected chi connectivity index (χ3v) is 5.90. The minimum absolute atomic E-state index is 0.134. The lowest BCUT2D eigenvalue weighted by Gasteiger charge is -2.09. The Bertz CT molecular complexity index is 999. The van der Waals surface area contributed by atoms with Crippen LogP contribution in [0.4, 0.5) is 5.69 Å². The maximum Gasteiger partial charge on any atom is 0.234 e. The van der Waals surface area contributed by atoms with E-state index in [2.05, 4.69) is 31.4 Å². The molecule has 6 nitrogen and oxygen atoms in total. The van der Waals surface area contributed by atoms with Crippen LogP contribution in [0.25, 0.3) is 0 Å². The Hall–Kier alpha value is -1.74. The van der Waals surface area contributed by atoms with Crippen LogP contribution in [0.15, 0.2) is 52.1 Å². The van der Waals surface area contributed by atoms with E-state index in [1.54, 1.807) is 22.8 Å². The SMILES string of the molecule is Cn1c(COc2ccc(Cl)cc2Cl)nnc1SCC(=O)Nc1ccccc1Br. The van der Waals surface area contributed by atoms with Gasteiger partial charge in [0.25, 0.3) is 0 Å². The quantitative estimate of drug-likeness (QED) is 0.451. The van der Waals surface area contributed by atoms with Crippen molar-refractivity contribution in [2.75, 3.05) is 11.1 Å². The summed E-state index contributed by atoms with van der Waals surface area (Å²) in [4.78, 5) is 12.2. The number of ether oxygens (including phenoxy) is 1. The van der Waals surface area contributed by atoms with Crippen molar-refractivity contribution >= 4 is 62.5 Å². The number of anilines is 1. The van der Waals surface area contributed by atoms with Gasteiger partial charge in [0, 0.05) is 16.5 Å². The summed E-state index contributed by atoms with van der Waals surface area (Å²) in [5, 5.41) is 12.7. The predicted octanol–water partition coefficient (Wildman–Crippen LogP) is 5.19. The number of hydrogen-bond donors (Lipinski definition) is 1. The van der Waals surface area contributed by atoms with Gasteiger partial charge in [-0.1, -0.05) is 47.1 Å². The highest BCUT2D eigenvalue weighted by molar-refractivity contribution is 9.10. The predicted molar refractivity (Wildman–Crippen MR) is 115 cm³/mol. The van der Waals surface area contributed by atoms with Crippen molar-refractivity contribution in [2.45, 2.75) is 11.8 Å². The fourth-order valence-electron chi connectivity index (χ4n) is 2.21. The summed E-state index contributed by atoms with van der Waals surface area (Å²) in [6, 6.07) is 12.4. The standard InChI is InChI=1S/C18H15BrCl2N4O2S/c1-25-16(9-27-15-7-6-11(20)8-13(15)21)23-24-18(25)28-10-17(26)22-14-5-3-2-4-12(14)19/h2-8H,9-10H2,1H3,(H,22,26). The van der Waals surface area contributed by atoms with Crippen LogP contribution in [-0.4, -0.2) is 26.4 Å². The summed E-state index contributed by atoms with van der Waals surface area (Å²) in [7, 11) is 1.82. The molecule has 1 heterocycles. The van der Waals surface area contributed by atoms with Gasteiger partial charge in [0.05, 0.1) is 16.5 Å². The van der Waals surface area contributed by atoms with E-state index in [4.69, 9.17) is 27.9 Å². The molecule has 0 aliphatic carbocycles. The van der Waals surface area contributed by atoms with E-state index >= 15 is 0 Å². The average molecular weight is 502 g/mol. The van der Waals surface area contributed by atoms with E-state index < -0.39 is 0 Å². The van der Waals surface area contributed by atoms with Gasteiger partial charge < -0.3 is 14.6 Å². The Labute approximate surface area is 184 Å². The van der Waals surface area contributed by atoms with Crippen LogP contribution in [0.5, 0.6) is 5.75 Å². The van der Waals surface area contributed by atoms with Gasteiger partial charge in [-0.15, -0.1) is 10.2 Å². The third-order valence-electron chi connectivity index (χ3n) is 3.66. The molecule has 28 heavy (non-hydrogen) atoms. The van der Waals surface area contributed by atoms with E-state index in [1.807, 2.05) is 31.3 Å². The van der Waals surface area contributed by atoms with Gasteiger partial charge in [-0.25, -0.2) is 0 Å².